The second-order valence-electron chi connectivity index (χ2n) is 5.64. The number of nitrogens with zero attached hydrogens (tertiary/aromatic N) is 2. The summed E-state index contributed by atoms with van der Waals surface area (Å²) in [6, 6.07) is 0.742. The van der Waals surface area contributed by atoms with Crippen LogP contribution in [0.1, 0.15) is 20.8 Å². The molecular weight excluding hydrogens is 198 g/mol. The highest BCUT2D eigenvalue weighted by Gasteiger charge is 2.31. The number of hydrogen-bond acceptors (Lipinski definition) is 3. The third kappa shape index (κ3) is 4.04. The lowest BCUT2D eigenvalue weighted by Gasteiger charge is -2.23. The molecule has 1 fully saturated rings. The van der Waals surface area contributed by atoms with Crippen LogP contribution in [0.15, 0.2) is 0 Å². The van der Waals surface area contributed by atoms with E-state index in [-0.39, 0.29) is 0 Å². The van der Waals surface area contributed by atoms with Crippen LogP contribution in [0.5, 0.6) is 0 Å². The highest BCUT2D eigenvalue weighted by molar-refractivity contribution is 4.87. The Kier molecular flexibility index (Phi) is 5.73. The van der Waals surface area contributed by atoms with Gasteiger partial charge in [-0.1, -0.05) is 20.8 Å². The fraction of sp³-hybridized carbons (Fsp3) is 1.00. The fourth-order valence-electron chi connectivity index (χ4n) is 2.77. The van der Waals surface area contributed by atoms with Gasteiger partial charge in [0.25, 0.3) is 0 Å². The molecule has 1 heterocycles. The molecule has 1 aliphatic rings. The summed E-state index contributed by atoms with van der Waals surface area (Å²) in [6.45, 7) is 12.9. The predicted octanol–water partition coefficient (Wildman–Crippen LogP) is 1.11. The average molecular weight is 227 g/mol. The molecule has 0 aromatic carbocycles. The zero-order chi connectivity index (χ0) is 12.1. The van der Waals surface area contributed by atoms with Crippen LogP contribution in [0.2, 0.25) is 0 Å². The Morgan fingerprint density at radius 1 is 1.38 bits per heavy atom. The first kappa shape index (κ1) is 13.9. The van der Waals surface area contributed by atoms with Crippen LogP contribution >= 0.6 is 0 Å². The van der Waals surface area contributed by atoms with E-state index in [4.69, 9.17) is 0 Å². The lowest BCUT2D eigenvalue weighted by atomic mass is 10.1. The highest BCUT2D eigenvalue weighted by atomic mass is 15.2. The first-order chi connectivity index (χ1) is 7.54. The largest absolute Gasteiger partial charge is 0.317 e. The minimum Gasteiger partial charge on any atom is -0.317 e. The predicted molar refractivity (Wildman–Crippen MR) is 70.8 cm³/mol. The van der Waals surface area contributed by atoms with Gasteiger partial charge in [0.15, 0.2) is 0 Å². The van der Waals surface area contributed by atoms with Crippen molar-refractivity contribution in [1.82, 2.24) is 15.1 Å². The standard InChI is InChI=1S/C13H29N3/c1-6-14-7-11(2)8-16-9-12(3)13(10-16)15(4)5/h11-14H,6-10H2,1-5H3. The first-order valence-corrected chi connectivity index (χ1v) is 6.64. The van der Waals surface area contributed by atoms with Crippen LogP contribution in [0.25, 0.3) is 0 Å². The van der Waals surface area contributed by atoms with Gasteiger partial charge in [0, 0.05) is 25.7 Å². The SMILES string of the molecule is CCNCC(C)CN1CC(C)C(N(C)C)C1. The lowest BCUT2D eigenvalue weighted by Crippen LogP contribution is -2.36. The Balaban J connectivity index is 2.29. The van der Waals surface area contributed by atoms with Crippen LogP contribution in [0.3, 0.4) is 0 Å². The normalized spacial score (nSPS) is 28.9. The van der Waals surface area contributed by atoms with E-state index >= 15 is 0 Å². The quantitative estimate of drug-likeness (QED) is 0.733. The molecule has 3 nitrogen and oxygen atoms in total. The Morgan fingerprint density at radius 2 is 2.06 bits per heavy atom. The summed E-state index contributed by atoms with van der Waals surface area (Å²) in [7, 11) is 4.40. The van der Waals surface area contributed by atoms with Crippen molar-refractivity contribution in [1.29, 1.82) is 0 Å². The van der Waals surface area contributed by atoms with Gasteiger partial charge in [0.05, 0.1) is 0 Å². The van der Waals surface area contributed by atoms with Gasteiger partial charge in [-0.25, -0.2) is 0 Å². The van der Waals surface area contributed by atoms with Gasteiger partial charge in [-0.2, -0.15) is 0 Å². The van der Waals surface area contributed by atoms with Crippen molar-refractivity contribution in [2.24, 2.45) is 11.8 Å². The maximum absolute atomic E-state index is 3.43. The summed E-state index contributed by atoms with van der Waals surface area (Å²) >= 11 is 0. The van der Waals surface area contributed by atoms with Crippen LogP contribution in [-0.2, 0) is 0 Å². The van der Waals surface area contributed by atoms with Gasteiger partial charge < -0.3 is 15.1 Å². The minimum atomic E-state index is 0.742. The third-order valence-electron chi connectivity index (χ3n) is 3.62. The maximum atomic E-state index is 3.43. The van der Waals surface area contributed by atoms with E-state index < -0.39 is 0 Å². The van der Waals surface area contributed by atoms with Gasteiger partial charge in [0.1, 0.15) is 0 Å². The number of likely N-dealkylation sites (N-methyl/N-ethyl adjacent to an activating group) is 1. The lowest BCUT2D eigenvalue weighted by molar-refractivity contribution is 0.240. The number of likely N-dealkylation sites (tertiary alicyclic amines) is 1. The molecule has 3 atom stereocenters. The van der Waals surface area contributed by atoms with Gasteiger partial charge >= 0.3 is 0 Å². The average Bonchev–Trinajstić information content (AvgIpc) is 2.56. The van der Waals surface area contributed by atoms with Crippen molar-refractivity contribution in [2.45, 2.75) is 26.8 Å². The maximum Gasteiger partial charge on any atom is 0.0254 e. The smallest absolute Gasteiger partial charge is 0.0254 e. The van der Waals surface area contributed by atoms with E-state index in [1.165, 1.54) is 19.6 Å². The molecule has 0 radical (unpaired) electrons. The Labute approximate surface area is 101 Å². The Bertz CT molecular complexity index is 194. The van der Waals surface area contributed by atoms with E-state index in [2.05, 4.69) is 50.0 Å². The molecule has 0 bridgehead atoms. The third-order valence-corrected chi connectivity index (χ3v) is 3.62. The number of rotatable bonds is 6. The summed E-state index contributed by atoms with van der Waals surface area (Å²) in [5.74, 6) is 1.56. The van der Waals surface area contributed by atoms with E-state index in [9.17, 15) is 0 Å². The molecular formula is C13H29N3. The summed E-state index contributed by atoms with van der Waals surface area (Å²) < 4.78 is 0. The molecule has 1 saturated heterocycles. The molecule has 3 heteroatoms. The van der Waals surface area contributed by atoms with E-state index in [0.29, 0.717) is 0 Å². The van der Waals surface area contributed by atoms with Gasteiger partial charge in [0.2, 0.25) is 0 Å². The molecule has 96 valence electrons. The summed E-state index contributed by atoms with van der Waals surface area (Å²) in [5, 5.41) is 3.43. The Hall–Kier alpha value is -0.120. The van der Waals surface area contributed by atoms with Gasteiger partial charge in [-0.15, -0.1) is 0 Å². The highest BCUT2D eigenvalue weighted by Crippen LogP contribution is 2.20. The summed E-state index contributed by atoms with van der Waals surface area (Å²) in [4.78, 5) is 5.00. The van der Waals surface area contributed by atoms with E-state index in [0.717, 1.165) is 31.0 Å². The molecule has 0 aromatic rings. The van der Waals surface area contributed by atoms with Crippen LogP contribution < -0.4 is 5.32 Å². The van der Waals surface area contributed by atoms with Crippen molar-refractivity contribution in [3.8, 4) is 0 Å². The van der Waals surface area contributed by atoms with Gasteiger partial charge in [-0.3, -0.25) is 0 Å². The van der Waals surface area contributed by atoms with Crippen molar-refractivity contribution in [3.05, 3.63) is 0 Å². The molecule has 0 saturated carbocycles. The second kappa shape index (κ2) is 6.58. The molecule has 0 aromatic heterocycles. The monoisotopic (exact) mass is 227 g/mol. The van der Waals surface area contributed by atoms with E-state index in [1.807, 2.05) is 0 Å². The second-order valence-corrected chi connectivity index (χ2v) is 5.64. The molecule has 16 heavy (non-hydrogen) atoms. The zero-order valence-corrected chi connectivity index (χ0v) is 11.7. The topological polar surface area (TPSA) is 18.5 Å². The first-order valence-electron chi connectivity index (χ1n) is 6.64. The van der Waals surface area contributed by atoms with E-state index in [1.54, 1.807) is 0 Å². The molecule has 1 rings (SSSR count). The molecule has 3 unspecified atom stereocenters. The molecule has 1 N–H and O–H groups in total. The van der Waals surface area contributed by atoms with Crippen LogP contribution in [-0.4, -0.2) is 62.7 Å². The summed E-state index contributed by atoms with van der Waals surface area (Å²) in [5.41, 5.74) is 0. The van der Waals surface area contributed by atoms with Crippen molar-refractivity contribution in [2.75, 3.05) is 46.8 Å². The van der Waals surface area contributed by atoms with Crippen LogP contribution in [0, 0.1) is 11.8 Å². The zero-order valence-electron chi connectivity index (χ0n) is 11.7. The summed E-state index contributed by atoms with van der Waals surface area (Å²) in [6.07, 6.45) is 0. The van der Waals surface area contributed by atoms with Gasteiger partial charge in [-0.05, 0) is 39.0 Å². The molecule has 0 amide bonds. The Morgan fingerprint density at radius 3 is 2.56 bits per heavy atom. The number of nitrogens with one attached hydrogen (secondary N) is 1. The van der Waals surface area contributed by atoms with Crippen molar-refractivity contribution >= 4 is 0 Å². The minimum absolute atomic E-state index is 0.742. The van der Waals surface area contributed by atoms with Crippen molar-refractivity contribution in [3.63, 3.8) is 0 Å². The molecule has 0 aliphatic carbocycles. The molecule has 1 aliphatic heterocycles. The van der Waals surface area contributed by atoms with Crippen molar-refractivity contribution < 1.29 is 0 Å². The number of hydrogen-bond donors (Lipinski definition) is 1. The fourth-order valence-corrected chi connectivity index (χ4v) is 2.77. The molecule has 0 spiro atoms. The van der Waals surface area contributed by atoms with Crippen LogP contribution in [0.4, 0.5) is 0 Å².